The molecule has 1 aromatic heterocycles. The first kappa shape index (κ1) is 16.6. The third-order valence-corrected chi connectivity index (χ3v) is 5.63. The summed E-state index contributed by atoms with van der Waals surface area (Å²) in [5, 5.41) is 1.19. The minimum atomic E-state index is 0.735. The highest BCUT2D eigenvalue weighted by Gasteiger charge is 2.23. The number of aromatic nitrogens is 2. The Morgan fingerprint density at radius 3 is 2.56 bits per heavy atom. The minimum Gasteiger partial charge on any atom is -0.356 e. The van der Waals surface area contributed by atoms with E-state index in [1.54, 1.807) is 0 Å². The van der Waals surface area contributed by atoms with Crippen molar-refractivity contribution in [3.05, 3.63) is 24.3 Å². The number of benzene rings is 1. The molecule has 2 saturated heterocycles. The van der Waals surface area contributed by atoms with Gasteiger partial charge in [0.25, 0.3) is 0 Å². The minimum absolute atomic E-state index is 0.735. The highest BCUT2D eigenvalue weighted by atomic mass is 15.3. The fourth-order valence-electron chi connectivity index (χ4n) is 4.08. The maximum Gasteiger partial charge on any atom is 0.227 e. The first-order chi connectivity index (χ1) is 12.2. The summed E-state index contributed by atoms with van der Waals surface area (Å²) < 4.78 is 0. The lowest BCUT2D eigenvalue weighted by Gasteiger charge is -2.36. The predicted molar refractivity (Wildman–Crippen MR) is 104 cm³/mol. The number of anilines is 2. The molecule has 0 N–H and O–H groups in total. The molecule has 0 bridgehead atoms. The van der Waals surface area contributed by atoms with E-state index in [9.17, 15) is 0 Å². The van der Waals surface area contributed by atoms with Gasteiger partial charge in [-0.3, -0.25) is 0 Å². The Hall–Kier alpha value is -1.88. The molecule has 0 radical (unpaired) electrons. The molecule has 1 aromatic carbocycles. The van der Waals surface area contributed by atoms with E-state index in [0.717, 1.165) is 69.0 Å². The molecule has 0 saturated carbocycles. The molecule has 134 valence electrons. The van der Waals surface area contributed by atoms with Crippen LogP contribution in [0.15, 0.2) is 24.3 Å². The second kappa shape index (κ2) is 7.16. The van der Waals surface area contributed by atoms with Crippen LogP contribution in [0.1, 0.15) is 26.7 Å². The lowest BCUT2D eigenvalue weighted by Crippen LogP contribution is -2.47. The predicted octanol–water partition coefficient (Wildman–Crippen LogP) is 3.01. The summed E-state index contributed by atoms with van der Waals surface area (Å²) in [5.41, 5.74) is 1.07. The fraction of sp³-hybridized carbons (Fsp3) is 0.600. The van der Waals surface area contributed by atoms with Crippen molar-refractivity contribution in [2.75, 3.05) is 55.6 Å². The van der Waals surface area contributed by atoms with Crippen molar-refractivity contribution in [3.8, 4) is 0 Å². The smallest absolute Gasteiger partial charge is 0.227 e. The Morgan fingerprint density at radius 2 is 1.80 bits per heavy atom. The quantitative estimate of drug-likeness (QED) is 0.859. The zero-order chi connectivity index (χ0) is 17.2. The maximum absolute atomic E-state index is 5.06. The van der Waals surface area contributed by atoms with Crippen LogP contribution in [0.2, 0.25) is 0 Å². The molecule has 5 nitrogen and oxygen atoms in total. The Balaban J connectivity index is 1.69. The van der Waals surface area contributed by atoms with Gasteiger partial charge in [-0.25, -0.2) is 4.98 Å². The molecule has 2 aromatic rings. The van der Waals surface area contributed by atoms with Crippen LogP contribution in [0.4, 0.5) is 11.8 Å². The summed E-state index contributed by atoms with van der Waals surface area (Å²) in [6.45, 7) is 12.1. The molecule has 0 spiro atoms. The Labute approximate surface area is 150 Å². The molecule has 5 heteroatoms. The van der Waals surface area contributed by atoms with E-state index in [0.29, 0.717) is 0 Å². The number of fused-ring (bicyclic) bond motifs is 1. The fourth-order valence-corrected chi connectivity index (χ4v) is 4.08. The molecule has 0 aliphatic carbocycles. The molecule has 1 atom stereocenters. The van der Waals surface area contributed by atoms with Crippen molar-refractivity contribution >= 4 is 22.7 Å². The van der Waals surface area contributed by atoms with Gasteiger partial charge in [-0.2, -0.15) is 4.98 Å². The molecule has 2 aliphatic heterocycles. The molecule has 2 aliphatic rings. The normalized spacial score (nSPS) is 22.6. The van der Waals surface area contributed by atoms with Crippen LogP contribution in [-0.2, 0) is 0 Å². The molecule has 4 rings (SSSR count). The lowest BCUT2D eigenvalue weighted by atomic mass is 10.00. The molecule has 0 amide bonds. The average molecular weight is 339 g/mol. The van der Waals surface area contributed by atoms with Crippen LogP contribution >= 0.6 is 0 Å². The van der Waals surface area contributed by atoms with E-state index in [1.807, 2.05) is 0 Å². The summed E-state index contributed by atoms with van der Waals surface area (Å²) >= 11 is 0. The number of likely N-dealkylation sites (N-methyl/N-ethyl adjacent to an activating group) is 1. The Bertz CT molecular complexity index is 723. The van der Waals surface area contributed by atoms with Gasteiger partial charge >= 0.3 is 0 Å². The SMILES string of the molecule is CCN1CCN(c2nc(N3CCC[C@@H](C)C3)c3ccccc3n2)CC1. The van der Waals surface area contributed by atoms with E-state index < -0.39 is 0 Å². The summed E-state index contributed by atoms with van der Waals surface area (Å²) in [6, 6.07) is 8.47. The number of hydrogen-bond acceptors (Lipinski definition) is 5. The number of hydrogen-bond donors (Lipinski definition) is 0. The standard InChI is InChI=1S/C20H29N5/c1-3-23-11-13-24(14-12-23)20-21-18-9-5-4-8-17(18)19(22-20)25-10-6-7-16(2)15-25/h4-5,8-9,16H,3,6-7,10-15H2,1-2H3/t16-/m1/s1. The van der Waals surface area contributed by atoms with E-state index >= 15 is 0 Å². The Morgan fingerprint density at radius 1 is 1.00 bits per heavy atom. The third kappa shape index (κ3) is 3.43. The molecule has 0 unspecified atom stereocenters. The van der Waals surface area contributed by atoms with Crippen LogP contribution in [0.25, 0.3) is 10.9 Å². The van der Waals surface area contributed by atoms with Gasteiger partial charge in [-0.15, -0.1) is 0 Å². The highest BCUT2D eigenvalue weighted by Crippen LogP contribution is 2.30. The van der Waals surface area contributed by atoms with Crippen LogP contribution in [0, 0.1) is 5.92 Å². The average Bonchev–Trinajstić information content (AvgIpc) is 2.67. The van der Waals surface area contributed by atoms with Crippen LogP contribution < -0.4 is 9.80 Å². The summed E-state index contributed by atoms with van der Waals surface area (Å²) in [7, 11) is 0. The van der Waals surface area contributed by atoms with Crippen molar-refractivity contribution in [2.24, 2.45) is 5.92 Å². The van der Waals surface area contributed by atoms with Crippen molar-refractivity contribution < 1.29 is 0 Å². The summed E-state index contributed by atoms with van der Waals surface area (Å²) in [4.78, 5) is 17.3. The number of nitrogens with zero attached hydrogens (tertiary/aromatic N) is 5. The second-order valence-corrected chi connectivity index (χ2v) is 7.48. The van der Waals surface area contributed by atoms with E-state index in [2.05, 4.69) is 52.8 Å². The van der Waals surface area contributed by atoms with Crippen molar-refractivity contribution in [1.29, 1.82) is 0 Å². The van der Waals surface area contributed by atoms with Crippen molar-refractivity contribution in [1.82, 2.24) is 14.9 Å². The molecular formula is C20H29N5. The lowest BCUT2D eigenvalue weighted by molar-refractivity contribution is 0.270. The number of piperidine rings is 1. The van der Waals surface area contributed by atoms with Gasteiger partial charge in [-0.05, 0) is 37.4 Å². The molecular weight excluding hydrogens is 310 g/mol. The topological polar surface area (TPSA) is 35.5 Å². The van der Waals surface area contributed by atoms with Gasteiger partial charge in [0, 0.05) is 44.7 Å². The van der Waals surface area contributed by atoms with Crippen molar-refractivity contribution in [3.63, 3.8) is 0 Å². The van der Waals surface area contributed by atoms with Gasteiger partial charge in [0.2, 0.25) is 5.95 Å². The maximum atomic E-state index is 5.06. The van der Waals surface area contributed by atoms with Gasteiger partial charge in [0.1, 0.15) is 5.82 Å². The monoisotopic (exact) mass is 339 g/mol. The van der Waals surface area contributed by atoms with E-state index in [-0.39, 0.29) is 0 Å². The van der Waals surface area contributed by atoms with Gasteiger partial charge in [-0.1, -0.05) is 26.0 Å². The van der Waals surface area contributed by atoms with Gasteiger partial charge in [0.05, 0.1) is 5.52 Å². The third-order valence-electron chi connectivity index (χ3n) is 5.63. The number of rotatable bonds is 3. The summed E-state index contributed by atoms with van der Waals surface area (Å²) in [6.07, 6.45) is 2.58. The number of piperazine rings is 1. The van der Waals surface area contributed by atoms with Crippen molar-refractivity contribution in [2.45, 2.75) is 26.7 Å². The second-order valence-electron chi connectivity index (χ2n) is 7.48. The van der Waals surface area contributed by atoms with E-state index in [1.165, 1.54) is 18.2 Å². The van der Waals surface area contributed by atoms with Crippen LogP contribution in [-0.4, -0.2) is 60.7 Å². The molecule has 2 fully saturated rings. The highest BCUT2D eigenvalue weighted by molar-refractivity contribution is 5.90. The largest absolute Gasteiger partial charge is 0.356 e. The van der Waals surface area contributed by atoms with Crippen LogP contribution in [0.3, 0.4) is 0 Å². The van der Waals surface area contributed by atoms with Gasteiger partial charge < -0.3 is 14.7 Å². The molecule has 3 heterocycles. The number of para-hydroxylation sites is 1. The Kier molecular flexibility index (Phi) is 4.75. The molecule has 25 heavy (non-hydrogen) atoms. The van der Waals surface area contributed by atoms with Gasteiger partial charge in [0.15, 0.2) is 0 Å². The first-order valence-corrected chi connectivity index (χ1v) is 9.73. The first-order valence-electron chi connectivity index (χ1n) is 9.73. The van der Waals surface area contributed by atoms with E-state index in [4.69, 9.17) is 9.97 Å². The summed E-state index contributed by atoms with van der Waals surface area (Å²) in [5.74, 6) is 2.77. The zero-order valence-corrected chi connectivity index (χ0v) is 15.5. The van der Waals surface area contributed by atoms with Crippen LogP contribution in [0.5, 0.6) is 0 Å². The zero-order valence-electron chi connectivity index (χ0n) is 15.5.